The van der Waals surface area contributed by atoms with E-state index in [0.29, 0.717) is 5.56 Å². The topological polar surface area (TPSA) is 17.1 Å². The van der Waals surface area contributed by atoms with E-state index in [2.05, 4.69) is 0 Å². The zero-order valence-corrected chi connectivity index (χ0v) is 7.73. The van der Waals surface area contributed by atoms with Crippen LogP contribution in [0, 0.1) is 11.2 Å². The minimum atomic E-state index is -0.351. The average molecular weight is 178 g/mol. The van der Waals surface area contributed by atoms with Gasteiger partial charge in [-0.2, -0.15) is 0 Å². The van der Waals surface area contributed by atoms with Crippen LogP contribution >= 0.6 is 0 Å². The molecule has 2 rings (SSSR count). The smallest absolute Gasteiger partial charge is 0.169 e. The summed E-state index contributed by atoms with van der Waals surface area (Å²) in [6.45, 7) is 3.79. The van der Waals surface area contributed by atoms with Crippen LogP contribution in [-0.2, 0) is 6.42 Å². The number of hydrogen-bond acceptors (Lipinski definition) is 1. The molecule has 0 fully saturated rings. The van der Waals surface area contributed by atoms with Crippen molar-refractivity contribution in [2.24, 2.45) is 5.41 Å². The summed E-state index contributed by atoms with van der Waals surface area (Å²) in [5.74, 6) is -0.271. The molecule has 0 spiro atoms. The molecule has 0 unspecified atom stereocenters. The van der Waals surface area contributed by atoms with E-state index in [0.717, 1.165) is 12.0 Å². The molecule has 0 radical (unpaired) electrons. The molecule has 0 saturated heterocycles. The molecule has 1 aliphatic carbocycles. The van der Waals surface area contributed by atoms with E-state index in [1.165, 1.54) is 12.1 Å². The maximum atomic E-state index is 12.8. The average Bonchev–Trinajstić information content (AvgIpc) is 2.26. The fourth-order valence-electron chi connectivity index (χ4n) is 1.84. The molecule has 2 heteroatoms. The third-order valence-corrected chi connectivity index (χ3v) is 2.56. The summed E-state index contributed by atoms with van der Waals surface area (Å²) in [6.07, 6.45) is 0.724. The molecule has 1 nitrogen and oxygen atoms in total. The summed E-state index contributed by atoms with van der Waals surface area (Å²) in [4.78, 5) is 11.7. The molecule has 1 aliphatic rings. The van der Waals surface area contributed by atoms with Gasteiger partial charge in [-0.3, -0.25) is 4.79 Å². The second kappa shape index (κ2) is 2.41. The van der Waals surface area contributed by atoms with Crippen LogP contribution in [0.25, 0.3) is 0 Å². The normalized spacial score (nSPS) is 18.8. The van der Waals surface area contributed by atoms with Crippen molar-refractivity contribution in [2.45, 2.75) is 20.3 Å². The van der Waals surface area contributed by atoms with E-state index in [4.69, 9.17) is 0 Å². The summed E-state index contributed by atoms with van der Waals surface area (Å²) < 4.78 is 12.8. The number of rotatable bonds is 0. The molecule has 1 aromatic rings. The number of carbonyl (C=O) groups is 1. The Balaban J connectivity index is 2.57. The fraction of sp³-hybridized carbons (Fsp3) is 0.364. The molecule has 0 heterocycles. The van der Waals surface area contributed by atoms with Crippen molar-refractivity contribution in [3.05, 3.63) is 35.1 Å². The second-order valence-electron chi connectivity index (χ2n) is 4.19. The van der Waals surface area contributed by atoms with E-state index < -0.39 is 0 Å². The highest BCUT2D eigenvalue weighted by atomic mass is 19.1. The number of benzene rings is 1. The summed E-state index contributed by atoms with van der Waals surface area (Å²) in [5.41, 5.74) is 1.18. The molecule has 0 aliphatic heterocycles. The predicted octanol–water partition coefficient (Wildman–Crippen LogP) is 2.59. The Morgan fingerprint density at radius 1 is 1.38 bits per heavy atom. The first-order chi connectivity index (χ1) is 6.00. The van der Waals surface area contributed by atoms with E-state index in [9.17, 15) is 9.18 Å². The monoisotopic (exact) mass is 178 g/mol. The van der Waals surface area contributed by atoms with Crippen LogP contribution in [0.2, 0.25) is 0 Å². The van der Waals surface area contributed by atoms with Crippen LogP contribution in [0.5, 0.6) is 0 Å². The van der Waals surface area contributed by atoms with E-state index >= 15 is 0 Å². The first-order valence-corrected chi connectivity index (χ1v) is 4.34. The van der Waals surface area contributed by atoms with Crippen molar-refractivity contribution in [3.8, 4) is 0 Å². The number of fused-ring (bicyclic) bond motifs is 1. The standard InChI is InChI=1S/C11H11FO/c1-11(2)6-7-3-4-8(12)5-9(7)10(11)13/h3-5H,6H2,1-2H3. The van der Waals surface area contributed by atoms with Gasteiger partial charge in [0, 0.05) is 11.0 Å². The highest BCUT2D eigenvalue weighted by Gasteiger charge is 2.37. The van der Waals surface area contributed by atoms with Gasteiger partial charge in [0.25, 0.3) is 0 Å². The quantitative estimate of drug-likeness (QED) is 0.596. The van der Waals surface area contributed by atoms with E-state index in [1.54, 1.807) is 6.07 Å². The van der Waals surface area contributed by atoms with Crippen molar-refractivity contribution in [1.29, 1.82) is 0 Å². The predicted molar refractivity (Wildman–Crippen MR) is 48.2 cm³/mol. The summed E-state index contributed by atoms with van der Waals surface area (Å²) >= 11 is 0. The maximum absolute atomic E-state index is 12.8. The summed E-state index contributed by atoms with van der Waals surface area (Å²) in [5, 5.41) is 0. The Morgan fingerprint density at radius 3 is 2.77 bits per heavy atom. The van der Waals surface area contributed by atoms with Gasteiger partial charge in [0.15, 0.2) is 5.78 Å². The Hall–Kier alpha value is -1.18. The molecule has 13 heavy (non-hydrogen) atoms. The molecule has 0 saturated carbocycles. The number of carbonyl (C=O) groups excluding carboxylic acids is 1. The second-order valence-corrected chi connectivity index (χ2v) is 4.19. The molecule has 0 atom stereocenters. The summed E-state index contributed by atoms with van der Waals surface area (Å²) in [7, 11) is 0. The van der Waals surface area contributed by atoms with Crippen molar-refractivity contribution >= 4 is 5.78 Å². The maximum Gasteiger partial charge on any atom is 0.169 e. The van der Waals surface area contributed by atoms with Crippen LogP contribution < -0.4 is 0 Å². The van der Waals surface area contributed by atoms with Crippen LogP contribution in [0.4, 0.5) is 4.39 Å². The minimum Gasteiger partial charge on any atom is -0.294 e. The van der Waals surface area contributed by atoms with Gasteiger partial charge >= 0.3 is 0 Å². The van der Waals surface area contributed by atoms with Crippen molar-refractivity contribution in [3.63, 3.8) is 0 Å². The molecule has 1 aromatic carbocycles. The van der Waals surface area contributed by atoms with Crippen molar-refractivity contribution < 1.29 is 9.18 Å². The number of Topliss-reactive ketones (excluding diaryl/α,β-unsaturated/α-hetero) is 1. The number of ketones is 1. The molecule has 0 bridgehead atoms. The van der Waals surface area contributed by atoms with Gasteiger partial charge in [-0.05, 0) is 24.1 Å². The van der Waals surface area contributed by atoms with E-state index in [-0.39, 0.29) is 17.0 Å². The van der Waals surface area contributed by atoms with Crippen LogP contribution in [-0.4, -0.2) is 5.78 Å². The number of halogens is 1. The fourth-order valence-corrected chi connectivity index (χ4v) is 1.84. The van der Waals surface area contributed by atoms with Crippen LogP contribution in [0.15, 0.2) is 18.2 Å². The first-order valence-electron chi connectivity index (χ1n) is 4.34. The van der Waals surface area contributed by atoms with Gasteiger partial charge in [0.05, 0.1) is 0 Å². The van der Waals surface area contributed by atoms with Crippen LogP contribution in [0.3, 0.4) is 0 Å². The molecular formula is C11H11FO. The Kier molecular flexibility index (Phi) is 1.56. The lowest BCUT2D eigenvalue weighted by molar-refractivity contribution is 0.0863. The van der Waals surface area contributed by atoms with Crippen LogP contribution in [0.1, 0.15) is 29.8 Å². The SMILES string of the molecule is CC1(C)Cc2ccc(F)cc2C1=O. The Bertz CT molecular complexity index is 380. The van der Waals surface area contributed by atoms with E-state index in [1.807, 2.05) is 13.8 Å². The molecule has 0 N–H and O–H groups in total. The highest BCUT2D eigenvalue weighted by Crippen LogP contribution is 2.36. The molecular weight excluding hydrogens is 167 g/mol. The minimum absolute atomic E-state index is 0.0574. The van der Waals surface area contributed by atoms with Gasteiger partial charge in [0.1, 0.15) is 5.82 Å². The summed E-state index contributed by atoms with van der Waals surface area (Å²) in [6, 6.07) is 4.46. The zero-order chi connectivity index (χ0) is 9.64. The lowest BCUT2D eigenvalue weighted by Gasteiger charge is -2.12. The zero-order valence-electron chi connectivity index (χ0n) is 7.73. The molecule has 68 valence electrons. The lowest BCUT2D eigenvalue weighted by atomic mass is 9.89. The third-order valence-electron chi connectivity index (χ3n) is 2.56. The van der Waals surface area contributed by atoms with Gasteiger partial charge in [0.2, 0.25) is 0 Å². The lowest BCUT2D eigenvalue weighted by Crippen LogP contribution is -2.18. The van der Waals surface area contributed by atoms with Gasteiger partial charge < -0.3 is 0 Å². The number of hydrogen-bond donors (Lipinski definition) is 0. The largest absolute Gasteiger partial charge is 0.294 e. The molecule has 0 aromatic heterocycles. The van der Waals surface area contributed by atoms with Crippen molar-refractivity contribution in [2.75, 3.05) is 0 Å². The van der Waals surface area contributed by atoms with Crippen molar-refractivity contribution in [1.82, 2.24) is 0 Å². The van der Waals surface area contributed by atoms with Gasteiger partial charge in [-0.1, -0.05) is 19.9 Å². The Labute approximate surface area is 76.6 Å². The van der Waals surface area contributed by atoms with Gasteiger partial charge in [-0.25, -0.2) is 4.39 Å². The third kappa shape index (κ3) is 1.17. The molecule has 0 amide bonds. The first kappa shape index (κ1) is 8.42. The van der Waals surface area contributed by atoms with Gasteiger partial charge in [-0.15, -0.1) is 0 Å². The highest BCUT2D eigenvalue weighted by molar-refractivity contribution is 6.04. The Morgan fingerprint density at radius 2 is 2.08 bits per heavy atom.